The zero-order chi connectivity index (χ0) is 9.68. The Kier molecular flexibility index (Phi) is 3.27. The van der Waals surface area contributed by atoms with Gasteiger partial charge in [0.2, 0.25) is 0 Å². The van der Waals surface area contributed by atoms with Gasteiger partial charge in [-0.1, -0.05) is 19.1 Å². The van der Waals surface area contributed by atoms with Gasteiger partial charge in [-0.3, -0.25) is 0 Å². The number of hydrogen-bond donors (Lipinski definition) is 0. The summed E-state index contributed by atoms with van der Waals surface area (Å²) in [5, 5.41) is 8.33. The maximum absolute atomic E-state index is 12.8. The van der Waals surface area contributed by atoms with Crippen molar-refractivity contribution in [1.29, 1.82) is 5.26 Å². The lowest BCUT2D eigenvalue weighted by molar-refractivity contribution is 0.159. The Bertz CT molecular complexity index is 319. The van der Waals surface area contributed by atoms with Crippen LogP contribution in [0.5, 0.6) is 0 Å². The van der Waals surface area contributed by atoms with Crippen molar-refractivity contribution >= 4 is 0 Å². The fourth-order valence-electron chi connectivity index (χ4n) is 1.16. The fourth-order valence-corrected chi connectivity index (χ4v) is 1.16. The van der Waals surface area contributed by atoms with Crippen LogP contribution in [0.25, 0.3) is 0 Å². The quantitative estimate of drug-likeness (QED) is 0.668. The molecule has 13 heavy (non-hydrogen) atoms. The van der Waals surface area contributed by atoms with Gasteiger partial charge in [0.25, 0.3) is 6.26 Å². The topological polar surface area (TPSA) is 33.0 Å². The molecular weight excluding hydrogens is 169 g/mol. The molecule has 0 saturated carbocycles. The van der Waals surface area contributed by atoms with Crippen LogP contribution >= 0.6 is 0 Å². The average molecular weight is 179 g/mol. The van der Waals surface area contributed by atoms with Gasteiger partial charge in [0.15, 0.2) is 0 Å². The molecular formula is C10H10FNO. The van der Waals surface area contributed by atoms with Gasteiger partial charge in [-0.2, -0.15) is 5.26 Å². The van der Waals surface area contributed by atoms with Crippen molar-refractivity contribution in [2.75, 3.05) is 0 Å². The standard InChI is InChI=1S/C10H10FNO/c1-2-10(13-7-12)8-4-3-5-9(11)6-8/h3-6,10H,2H2,1H3/t10-/m0/s1. The largest absolute Gasteiger partial charge is 0.419 e. The summed E-state index contributed by atoms with van der Waals surface area (Å²) >= 11 is 0. The van der Waals surface area contributed by atoms with Crippen LogP contribution in [0.4, 0.5) is 4.39 Å². The Morgan fingerprint density at radius 2 is 2.38 bits per heavy atom. The lowest BCUT2D eigenvalue weighted by Crippen LogP contribution is -1.99. The first-order valence-corrected chi connectivity index (χ1v) is 4.08. The number of ether oxygens (including phenoxy) is 1. The van der Waals surface area contributed by atoms with Crippen molar-refractivity contribution in [2.45, 2.75) is 19.4 Å². The Balaban J connectivity index is 2.86. The van der Waals surface area contributed by atoms with E-state index >= 15 is 0 Å². The molecule has 1 rings (SSSR count). The summed E-state index contributed by atoms with van der Waals surface area (Å²) in [6, 6.07) is 6.09. The fraction of sp³-hybridized carbons (Fsp3) is 0.300. The maximum Gasteiger partial charge on any atom is 0.286 e. The van der Waals surface area contributed by atoms with Crippen molar-refractivity contribution in [3.05, 3.63) is 35.6 Å². The number of rotatable bonds is 3. The molecule has 0 saturated heterocycles. The molecule has 68 valence electrons. The first-order valence-electron chi connectivity index (χ1n) is 4.08. The molecule has 1 aromatic carbocycles. The Morgan fingerprint density at radius 1 is 1.62 bits per heavy atom. The number of nitrogens with zero attached hydrogens (tertiary/aromatic N) is 1. The van der Waals surface area contributed by atoms with E-state index in [9.17, 15) is 4.39 Å². The van der Waals surface area contributed by atoms with Crippen molar-refractivity contribution < 1.29 is 9.13 Å². The molecule has 0 fully saturated rings. The Hall–Kier alpha value is -1.56. The highest BCUT2D eigenvalue weighted by atomic mass is 19.1. The van der Waals surface area contributed by atoms with Gasteiger partial charge in [0, 0.05) is 0 Å². The molecule has 0 N–H and O–H groups in total. The Labute approximate surface area is 76.6 Å². The van der Waals surface area contributed by atoms with E-state index in [0.717, 1.165) is 0 Å². The minimum absolute atomic E-state index is 0.308. The van der Waals surface area contributed by atoms with E-state index in [2.05, 4.69) is 0 Å². The number of hydrogen-bond acceptors (Lipinski definition) is 2. The van der Waals surface area contributed by atoms with Crippen LogP contribution in [0.1, 0.15) is 25.0 Å². The molecule has 0 bridgehead atoms. The molecule has 0 radical (unpaired) electrons. The molecule has 1 aromatic rings. The molecule has 0 aliphatic heterocycles. The van der Waals surface area contributed by atoms with Crippen LogP contribution in [-0.4, -0.2) is 0 Å². The third-order valence-electron chi connectivity index (χ3n) is 1.79. The van der Waals surface area contributed by atoms with Crippen LogP contribution in [0.3, 0.4) is 0 Å². The smallest absolute Gasteiger partial charge is 0.286 e. The first kappa shape index (κ1) is 9.53. The minimum Gasteiger partial charge on any atom is -0.419 e. The predicted molar refractivity (Wildman–Crippen MR) is 46.1 cm³/mol. The molecule has 1 atom stereocenters. The van der Waals surface area contributed by atoms with E-state index in [1.807, 2.05) is 6.92 Å². The van der Waals surface area contributed by atoms with Gasteiger partial charge in [0.1, 0.15) is 11.9 Å². The van der Waals surface area contributed by atoms with Crippen LogP contribution in [0.2, 0.25) is 0 Å². The van der Waals surface area contributed by atoms with Crippen LogP contribution in [0.15, 0.2) is 24.3 Å². The van der Waals surface area contributed by atoms with Gasteiger partial charge >= 0.3 is 0 Å². The van der Waals surface area contributed by atoms with Gasteiger partial charge < -0.3 is 4.74 Å². The van der Waals surface area contributed by atoms with Crippen molar-refractivity contribution in [2.24, 2.45) is 0 Å². The second-order valence-electron chi connectivity index (χ2n) is 2.66. The monoisotopic (exact) mass is 179 g/mol. The van der Waals surface area contributed by atoms with E-state index in [-0.39, 0.29) is 11.9 Å². The van der Waals surface area contributed by atoms with Gasteiger partial charge in [-0.05, 0) is 24.1 Å². The minimum atomic E-state index is -0.333. The van der Waals surface area contributed by atoms with Crippen LogP contribution in [-0.2, 0) is 4.74 Å². The number of nitriles is 1. The van der Waals surface area contributed by atoms with E-state index in [4.69, 9.17) is 10.00 Å². The average Bonchev–Trinajstić information content (AvgIpc) is 2.14. The molecule has 0 heterocycles. The highest BCUT2D eigenvalue weighted by Gasteiger charge is 2.10. The maximum atomic E-state index is 12.8. The van der Waals surface area contributed by atoms with E-state index < -0.39 is 0 Å². The second-order valence-corrected chi connectivity index (χ2v) is 2.66. The van der Waals surface area contributed by atoms with E-state index in [0.29, 0.717) is 12.0 Å². The third kappa shape index (κ3) is 2.45. The zero-order valence-electron chi connectivity index (χ0n) is 7.33. The second kappa shape index (κ2) is 4.46. The highest BCUT2D eigenvalue weighted by molar-refractivity contribution is 5.19. The van der Waals surface area contributed by atoms with Gasteiger partial charge in [-0.25, -0.2) is 4.39 Å². The molecule has 0 aliphatic carbocycles. The molecule has 0 spiro atoms. The van der Waals surface area contributed by atoms with Crippen LogP contribution < -0.4 is 0 Å². The molecule has 0 amide bonds. The van der Waals surface area contributed by atoms with Crippen molar-refractivity contribution in [3.8, 4) is 6.26 Å². The molecule has 0 unspecified atom stereocenters. The first-order chi connectivity index (χ1) is 6.27. The normalized spacial score (nSPS) is 11.8. The highest BCUT2D eigenvalue weighted by Crippen LogP contribution is 2.20. The summed E-state index contributed by atoms with van der Waals surface area (Å²) in [6.45, 7) is 1.88. The molecule has 0 aromatic heterocycles. The molecule has 3 heteroatoms. The predicted octanol–water partition coefficient (Wildman–Crippen LogP) is 2.77. The summed E-state index contributed by atoms with van der Waals surface area (Å²) in [6.07, 6.45) is 1.93. The van der Waals surface area contributed by atoms with Crippen molar-refractivity contribution in [3.63, 3.8) is 0 Å². The SMILES string of the molecule is CC[C@H](OC#N)c1cccc(F)c1. The van der Waals surface area contributed by atoms with E-state index in [1.54, 1.807) is 18.4 Å². The number of halogens is 1. The summed E-state index contributed by atoms with van der Waals surface area (Å²) in [5.74, 6) is -0.308. The summed E-state index contributed by atoms with van der Waals surface area (Å²) in [7, 11) is 0. The van der Waals surface area contributed by atoms with Crippen molar-refractivity contribution in [1.82, 2.24) is 0 Å². The van der Waals surface area contributed by atoms with Gasteiger partial charge in [-0.15, -0.1) is 0 Å². The molecule has 0 aliphatic rings. The van der Waals surface area contributed by atoms with Crippen LogP contribution in [0, 0.1) is 17.3 Å². The van der Waals surface area contributed by atoms with E-state index in [1.165, 1.54) is 12.1 Å². The Morgan fingerprint density at radius 3 is 2.92 bits per heavy atom. The van der Waals surface area contributed by atoms with Gasteiger partial charge in [0.05, 0.1) is 0 Å². The summed E-state index contributed by atoms with van der Waals surface area (Å²) in [4.78, 5) is 0. The zero-order valence-corrected chi connectivity index (χ0v) is 7.33. The number of benzene rings is 1. The lowest BCUT2D eigenvalue weighted by Gasteiger charge is -2.11. The lowest BCUT2D eigenvalue weighted by atomic mass is 10.1. The summed E-state index contributed by atoms with van der Waals surface area (Å²) in [5.41, 5.74) is 0.698. The molecule has 2 nitrogen and oxygen atoms in total. The third-order valence-corrected chi connectivity index (χ3v) is 1.79. The summed E-state index contributed by atoms with van der Waals surface area (Å²) < 4.78 is 17.5.